The highest BCUT2D eigenvalue weighted by atomic mass is 16.5. The van der Waals surface area contributed by atoms with Gasteiger partial charge in [0.1, 0.15) is 17.8 Å². The van der Waals surface area contributed by atoms with E-state index in [1.54, 1.807) is 92.4 Å². The van der Waals surface area contributed by atoms with Crippen molar-refractivity contribution < 1.29 is 57.2 Å². The predicted molar refractivity (Wildman–Crippen MR) is 320 cm³/mol. The summed E-state index contributed by atoms with van der Waals surface area (Å²) in [6, 6.07) is 20.0. The zero-order chi connectivity index (χ0) is 60.6. The second kappa shape index (κ2) is 26.6. The molecule has 6 aliphatic rings. The fourth-order valence-electron chi connectivity index (χ4n) is 10.8. The Morgan fingerprint density at radius 2 is 1.29 bits per heavy atom. The number of carbonyl (C=O) groups excluding carboxylic acids is 7. The van der Waals surface area contributed by atoms with Crippen LogP contribution in [0.2, 0.25) is 0 Å². The Balaban J connectivity index is 0.639. The Bertz CT molecular complexity index is 3520. The monoisotopic (exact) mass is 1170 g/mol. The molecule has 7 amide bonds. The van der Waals surface area contributed by atoms with E-state index in [9.17, 15) is 33.6 Å². The molecule has 21 heteroatoms. The number of fused-ring (bicyclic) bond motifs is 4. The van der Waals surface area contributed by atoms with Gasteiger partial charge in [0.05, 0.1) is 79.7 Å². The van der Waals surface area contributed by atoms with Gasteiger partial charge in [0, 0.05) is 62.0 Å². The normalized spacial score (nSPS) is 18.1. The van der Waals surface area contributed by atoms with E-state index < -0.39 is 35.7 Å². The van der Waals surface area contributed by atoms with Gasteiger partial charge in [-0.15, -0.1) is 0 Å². The van der Waals surface area contributed by atoms with Crippen LogP contribution in [0.4, 0.5) is 17.1 Å². The van der Waals surface area contributed by atoms with E-state index in [-0.39, 0.29) is 54.4 Å². The minimum atomic E-state index is -0.948. The van der Waals surface area contributed by atoms with Crippen molar-refractivity contribution in [1.29, 1.82) is 5.26 Å². The number of hydrogen-bond acceptors (Lipinski definition) is 15. The minimum Gasteiger partial charge on any atom is -0.493 e. The van der Waals surface area contributed by atoms with Crippen molar-refractivity contribution in [1.82, 2.24) is 25.3 Å². The molecule has 0 radical (unpaired) electrons. The fourth-order valence-corrected chi connectivity index (χ4v) is 10.8. The number of rotatable bonds is 26. The van der Waals surface area contributed by atoms with Gasteiger partial charge in [-0.2, -0.15) is 5.26 Å². The molecule has 86 heavy (non-hydrogen) atoms. The van der Waals surface area contributed by atoms with Gasteiger partial charge in [-0.25, -0.2) is 0 Å². The summed E-state index contributed by atoms with van der Waals surface area (Å²) in [7, 11) is 3.09. The number of nitrogens with one attached hydrogen (secondary N) is 3. The van der Waals surface area contributed by atoms with Crippen molar-refractivity contribution in [3.63, 3.8) is 0 Å². The third kappa shape index (κ3) is 13.7. The number of benzene rings is 4. The van der Waals surface area contributed by atoms with Crippen molar-refractivity contribution >= 4 is 76.4 Å². The molecule has 5 heterocycles. The number of aliphatic imine (C=N–C) groups is 2. The molecule has 0 unspecified atom stereocenters. The van der Waals surface area contributed by atoms with E-state index in [4.69, 9.17) is 38.9 Å². The Labute approximate surface area is 498 Å². The lowest BCUT2D eigenvalue weighted by atomic mass is 10.0. The lowest BCUT2D eigenvalue weighted by Gasteiger charge is -2.24. The molecule has 10 rings (SSSR count). The molecule has 0 saturated heterocycles. The maximum Gasteiger partial charge on any atom is 0.296 e. The van der Waals surface area contributed by atoms with E-state index in [1.165, 1.54) is 37.7 Å². The van der Waals surface area contributed by atoms with Gasteiger partial charge < -0.3 is 49.4 Å². The van der Waals surface area contributed by atoms with Crippen LogP contribution in [0.3, 0.4) is 0 Å². The Kier molecular flexibility index (Phi) is 18.4. The molecule has 4 atom stereocenters. The van der Waals surface area contributed by atoms with E-state index in [1.807, 2.05) is 36.8 Å². The summed E-state index contributed by atoms with van der Waals surface area (Å²) >= 11 is 0. The molecule has 1 fully saturated rings. The maximum absolute atomic E-state index is 14.1. The highest BCUT2D eigenvalue weighted by Gasteiger charge is 2.39. The second-order valence-corrected chi connectivity index (χ2v) is 22.4. The lowest BCUT2D eigenvalue weighted by molar-refractivity contribution is -0.138. The molecule has 4 aromatic rings. The van der Waals surface area contributed by atoms with Crippen molar-refractivity contribution in [2.45, 2.75) is 116 Å². The molecule has 4 aromatic carbocycles. The van der Waals surface area contributed by atoms with E-state index in [0.29, 0.717) is 107 Å². The SMILES string of the molecule is COc1cc2c(cc1OCCCCCOc1cc3c(cc1OC)C(=O)N1C=C(C4CC4)C[C@@H]1C=N3)N=C[C@H]1CC(c3ccc(NC(=O)[C@@H](C)NC(=O)[C@H](NC(=O)CCCCCN4C(=O)C=C(Oc5ccc(C#N)cc5)C4=O)C(C)C)cc3)=CN1C2=O. The summed E-state index contributed by atoms with van der Waals surface area (Å²) in [5.41, 5.74) is 5.89. The van der Waals surface area contributed by atoms with Gasteiger partial charge in [-0.05, 0) is 135 Å². The zero-order valence-electron chi connectivity index (χ0n) is 48.8. The Morgan fingerprint density at radius 3 is 1.88 bits per heavy atom. The number of hydrogen-bond donors (Lipinski definition) is 3. The first-order chi connectivity index (χ1) is 41.6. The van der Waals surface area contributed by atoms with Gasteiger partial charge in [-0.1, -0.05) is 32.4 Å². The number of amides is 7. The number of methoxy groups -OCH3 is 2. The number of anilines is 1. The highest BCUT2D eigenvalue weighted by Crippen LogP contribution is 2.45. The van der Waals surface area contributed by atoms with Crippen molar-refractivity contribution in [3.05, 3.63) is 125 Å². The average Bonchev–Trinajstić information content (AvgIpc) is 1.79. The van der Waals surface area contributed by atoms with Crippen LogP contribution >= 0.6 is 0 Å². The van der Waals surface area contributed by atoms with Gasteiger partial charge in [0.25, 0.3) is 23.6 Å². The topological polar surface area (TPSA) is 260 Å². The lowest BCUT2D eigenvalue weighted by Crippen LogP contribution is -2.53. The van der Waals surface area contributed by atoms with Crippen molar-refractivity contribution in [3.8, 4) is 34.8 Å². The molecule has 1 saturated carbocycles. The number of nitrogens with zero attached hydrogens (tertiary/aromatic N) is 6. The summed E-state index contributed by atoms with van der Waals surface area (Å²) in [5.74, 6) is -0.320. The first kappa shape index (κ1) is 59.6. The predicted octanol–water partition coefficient (Wildman–Crippen LogP) is 8.88. The van der Waals surface area contributed by atoms with Gasteiger partial charge in [0.15, 0.2) is 28.8 Å². The number of imide groups is 1. The third-order valence-electron chi connectivity index (χ3n) is 15.9. The van der Waals surface area contributed by atoms with Crippen molar-refractivity contribution in [2.75, 3.05) is 39.3 Å². The molecule has 3 N–H and O–H groups in total. The largest absolute Gasteiger partial charge is 0.493 e. The molecular weight excluding hydrogens is 1100 g/mol. The van der Waals surface area contributed by atoms with E-state index >= 15 is 0 Å². The summed E-state index contributed by atoms with van der Waals surface area (Å²) < 4.78 is 29.3. The number of nitriles is 1. The molecule has 0 spiro atoms. The molecule has 21 nitrogen and oxygen atoms in total. The summed E-state index contributed by atoms with van der Waals surface area (Å²) in [6.07, 6.45) is 16.1. The van der Waals surface area contributed by atoms with Gasteiger partial charge in [0.2, 0.25) is 17.7 Å². The average molecular weight is 1170 g/mol. The number of carbonyl (C=O) groups is 7. The van der Waals surface area contributed by atoms with Crippen LogP contribution in [0, 0.1) is 23.2 Å². The number of ether oxygens (including phenoxy) is 5. The Hall–Kier alpha value is -9.58. The molecule has 0 bridgehead atoms. The van der Waals surface area contributed by atoms with Gasteiger partial charge >= 0.3 is 0 Å². The number of unbranched alkanes of at least 4 members (excludes halogenated alkanes) is 4. The second-order valence-electron chi connectivity index (χ2n) is 22.4. The van der Waals surface area contributed by atoms with Crippen molar-refractivity contribution in [2.24, 2.45) is 21.8 Å². The summed E-state index contributed by atoms with van der Waals surface area (Å²) in [4.78, 5) is 107. The van der Waals surface area contributed by atoms with Crippen LogP contribution in [0.1, 0.15) is 123 Å². The smallest absolute Gasteiger partial charge is 0.296 e. The van der Waals surface area contributed by atoms with Crippen LogP contribution in [-0.4, -0.2) is 127 Å². The fraction of sp³-hybridized carbons (Fsp3) is 0.385. The van der Waals surface area contributed by atoms with E-state index in [2.05, 4.69) is 16.0 Å². The van der Waals surface area contributed by atoms with E-state index in [0.717, 1.165) is 47.8 Å². The molecule has 5 aliphatic heterocycles. The summed E-state index contributed by atoms with van der Waals surface area (Å²) in [6.45, 7) is 6.09. The highest BCUT2D eigenvalue weighted by molar-refractivity contribution is 6.15. The third-order valence-corrected chi connectivity index (χ3v) is 15.9. The van der Waals surface area contributed by atoms with Crippen LogP contribution in [0.25, 0.3) is 5.57 Å². The Morgan fingerprint density at radius 1 is 0.686 bits per heavy atom. The maximum atomic E-state index is 14.1. The first-order valence-corrected chi connectivity index (χ1v) is 29.2. The molecule has 446 valence electrons. The molecule has 0 aromatic heterocycles. The van der Waals surface area contributed by atoms with Gasteiger partial charge in [-0.3, -0.25) is 48.4 Å². The minimum absolute atomic E-state index is 0.0736. The molecule has 1 aliphatic carbocycles. The standard InChI is InChI=1S/C65H69N9O12/c1-38(2)60(71-58(75)12-8-6-9-23-72-59(76)32-57(65(72)81)86-48-21-13-40(33-66)14-22-48)62(78)69-39(3)61(77)70-45-19-17-42(18-20-45)44-27-47-35-68-52-31-56(54(83-5)29-50(52)64(80)74(47)37-44)85-25-11-7-10-24-84-55-30-51-49(28-53(55)82-4)63(79)73-36-43(41-15-16-41)26-46(73)34-67-51/h13-14,17-22,28-32,34-39,41,46-47,60H,6-12,15-16,23-27H2,1-5H3,(H,69,78)(H,70,77)(H,71,75)/t39-,46-,47-,60-/m1/s1. The van der Waals surface area contributed by atoms with Crippen LogP contribution in [0.5, 0.6) is 28.7 Å². The van der Waals surface area contributed by atoms with Crippen LogP contribution in [0.15, 0.2) is 113 Å². The summed E-state index contributed by atoms with van der Waals surface area (Å²) in [5, 5.41) is 17.4. The van der Waals surface area contributed by atoms with Crippen LogP contribution in [-0.2, 0) is 24.0 Å². The van der Waals surface area contributed by atoms with Crippen LogP contribution < -0.4 is 39.6 Å². The molecular formula is C65H69N9O12. The zero-order valence-corrected chi connectivity index (χ0v) is 48.8. The quantitative estimate of drug-likeness (QED) is 0.0392. The first-order valence-electron chi connectivity index (χ1n) is 29.2.